The number of ether oxygens (including phenoxy) is 1. The summed E-state index contributed by atoms with van der Waals surface area (Å²) in [7, 11) is 0. The van der Waals surface area contributed by atoms with Gasteiger partial charge in [-0.2, -0.15) is 0 Å². The second-order valence-corrected chi connectivity index (χ2v) is 13.6. The molecule has 1 aromatic carbocycles. The fourth-order valence-corrected chi connectivity index (χ4v) is 5.75. The van der Waals surface area contributed by atoms with E-state index in [1.54, 1.807) is 37.3 Å². The Morgan fingerprint density at radius 1 is 0.796 bits per heavy atom. The lowest BCUT2D eigenvalue weighted by Crippen LogP contribution is -2.58. The van der Waals surface area contributed by atoms with Crippen molar-refractivity contribution in [1.82, 2.24) is 26.6 Å². The second-order valence-electron chi connectivity index (χ2n) is 13.6. The number of carbonyl (C=O) groups excluding carboxylic acids is 7. The van der Waals surface area contributed by atoms with E-state index in [1.165, 1.54) is 6.92 Å². The highest BCUT2D eigenvalue weighted by atomic mass is 16.5. The van der Waals surface area contributed by atoms with Gasteiger partial charge in [0, 0.05) is 0 Å². The third kappa shape index (κ3) is 14.4. The van der Waals surface area contributed by atoms with Crippen LogP contribution in [0.5, 0.6) is 0 Å². The average Bonchev–Trinajstić information content (AvgIpc) is 3.07. The number of hydrogen-bond acceptors (Lipinski definition) is 8. The lowest BCUT2D eigenvalue weighted by Gasteiger charge is -2.31. The zero-order valence-electron chi connectivity index (χ0n) is 29.8. The molecule has 1 fully saturated rings. The van der Waals surface area contributed by atoms with Gasteiger partial charge in [-0.15, -0.1) is 0 Å². The molecule has 0 spiro atoms. The normalized spacial score (nSPS) is 15.7. The highest BCUT2D eigenvalue weighted by Crippen LogP contribution is 2.27. The largest absolute Gasteiger partial charge is 0.449 e. The van der Waals surface area contributed by atoms with Gasteiger partial charge in [-0.05, 0) is 55.9 Å². The topological polar surface area (TPSA) is 189 Å². The first-order valence-electron chi connectivity index (χ1n) is 17.4. The summed E-state index contributed by atoms with van der Waals surface area (Å²) < 4.78 is 5.28. The molecule has 1 aliphatic rings. The van der Waals surface area contributed by atoms with Gasteiger partial charge in [0.15, 0.2) is 5.78 Å². The van der Waals surface area contributed by atoms with Gasteiger partial charge in [-0.1, -0.05) is 90.6 Å². The lowest BCUT2D eigenvalue weighted by molar-refractivity contribution is -0.141. The first-order chi connectivity index (χ1) is 23.2. The summed E-state index contributed by atoms with van der Waals surface area (Å²) in [5, 5.41) is 13.0. The number of amides is 5. The maximum atomic E-state index is 13.7. The molecule has 0 heterocycles. The van der Waals surface area contributed by atoms with Crippen molar-refractivity contribution >= 4 is 41.3 Å². The maximum absolute atomic E-state index is 13.7. The molecule has 272 valence electrons. The fourth-order valence-electron chi connectivity index (χ4n) is 5.75. The fraction of sp³-hybridized carbons (Fsp3) is 0.639. The van der Waals surface area contributed by atoms with E-state index in [-0.39, 0.29) is 43.0 Å². The van der Waals surface area contributed by atoms with Crippen LogP contribution in [0.3, 0.4) is 0 Å². The summed E-state index contributed by atoms with van der Waals surface area (Å²) in [5.41, 5.74) is 0.575. The van der Waals surface area contributed by atoms with E-state index in [2.05, 4.69) is 26.6 Å². The van der Waals surface area contributed by atoms with Gasteiger partial charge < -0.3 is 31.3 Å². The van der Waals surface area contributed by atoms with Gasteiger partial charge in [0.25, 0.3) is 5.91 Å². The highest BCUT2D eigenvalue weighted by Gasteiger charge is 2.35. The Kier molecular flexibility index (Phi) is 17.5. The predicted molar refractivity (Wildman–Crippen MR) is 184 cm³/mol. The predicted octanol–water partition coefficient (Wildman–Crippen LogP) is 3.27. The number of rotatable bonds is 19. The molecule has 4 unspecified atom stereocenters. The molecule has 13 nitrogen and oxygen atoms in total. The molecule has 13 heteroatoms. The number of hydrogen-bond donors (Lipinski definition) is 5. The van der Waals surface area contributed by atoms with Crippen LogP contribution in [0.4, 0.5) is 4.79 Å². The molecular formula is C36H55N5O8. The number of Topliss-reactive ketones (excluding diaryl/α,β-unsaturated/α-hetero) is 2. The summed E-state index contributed by atoms with van der Waals surface area (Å²) in [6.45, 7) is 10.3. The molecule has 0 saturated heterocycles. The molecular weight excluding hydrogens is 630 g/mol. The van der Waals surface area contributed by atoms with Gasteiger partial charge in [-0.25, -0.2) is 4.79 Å². The number of alkyl carbamates (subject to hydrolysis) is 1. The smallest absolute Gasteiger partial charge is 0.407 e. The van der Waals surface area contributed by atoms with Gasteiger partial charge in [0.05, 0.1) is 19.2 Å². The van der Waals surface area contributed by atoms with E-state index >= 15 is 0 Å². The van der Waals surface area contributed by atoms with Crippen LogP contribution in [0.25, 0.3) is 0 Å². The molecule has 0 bridgehead atoms. The summed E-state index contributed by atoms with van der Waals surface area (Å²) in [6.07, 6.45) is 4.50. The van der Waals surface area contributed by atoms with Crippen molar-refractivity contribution in [3.63, 3.8) is 0 Å². The third-order valence-electron chi connectivity index (χ3n) is 8.25. The molecule has 0 radical (unpaired) electrons. The summed E-state index contributed by atoms with van der Waals surface area (Å²) >= 11 is 0. The molecule has 0 aliphatic heterocycles. The molecule has 4 atom stereocenters. The van der Waals surface area contributed by atoms with Crippen molar-refractivity contribution in [3.8, 4) is 0 Å². The molecule has 1 aromatic rings. The lowest BCUT2D eigenvalue weighted by atomic mass is 9.83. The minimum Gasteiger partial charge on any atom is -0.449 e. The number of benzene rings is 1. The van der Waals surface area contributed by atoms with Crippen molar-refractivity contribution in [2.45, 2.75) is 117 Å². The first-order valence-corrected chi connectivity index (χ1v) is 17.4. The zero-order chi connectivity index (χ0) is 36.5. The minimum absolute atomic E-state index is 0.0231. The van der Waals surface area contributed by atoms with Crippen LogP contribution in [-0.4, -0.2) is 72.6 Å². The van der Waals surface area contributed by atoms with Crippen molar-refractivity contribution in [1.29, 1.82) is 0 Å². The third-order valence-corrected chi connectivity index (χ3v) is 8.25. The summed E-state index contributed by atoms with van der Waals surface area (Å²) in [4.78, 5) is 90.6. The molecule has 1 aliphatic carbocycles. The van der Waals surface area contributed by atoms with Crippen LogP contribution in [-0.2, 0) is 33.5 Å². The minimum atomic E-state index is -1.21. The van der Waals surface area contributed by atoms with E-state index < -0.39 is 66.2 Å². The molecule has 0 aromatic heterocycles. The molecule has 5 amide bonds. The second kappa shape index (κ2) is 20.9. The van der Waals surface area contributed by atoms with Gasteiger partial charge in [0.2, 0.25) is 23.5 Å². The Morgan fingerprint density at radius 2 is 1.43 bits per heavy atom. The van der Waals surface area contributed by atoms with Crippen LogP contribution in [0.2, 0.25) is 0 Å². The van der Waals surface area contributed by atoms with Crippen molar-refractivity contribution in [3.05, 3.63) is 35.9 Å². The summed E-state index contributed by atoms with van der Waals surface area (Å²) in [5.74, 6) is -4.19. The molecule has 5 N–H and O–H groups in total. The van der Waals surface area contributed by atoms with E-state index in [4.69, 9.17) is 4.74 Å². The van der Waals surface area contributed by atoms with Crippen molar-refractivity contribution in [2.75, 3.05) is 13.2 Å². The number of nitrogens with one attached hydrogen (secondary N) is 5. The van der Waals surface area contributed by atoms with Crippen molar-refractivity contribution < 1.29 is 38.3 Å². The zero-order valence-corrected chi connectivity index (χ0v) is 29.8. The Hall–Kier alpha value is -4.29. The first kappa shape index (κ1) is 40.9. The van der Waals surface area contributed by atoms with Crippen molar-refractivity contribution in [2.24, 2.45) is 17.8 Å². The average molecular weight is 686 g/mol. The number of carbonyl (C=O) groups is 7. The van der Waals surface area contributed by atoms with E-state index in [1.807, 2.05) is 27.7 Å². The Balaban J connectivity index is 2.10. The van der Waals surface area contributed by atoms with Gasteiger partial charge in [-0.3, -0.25) is 28.8 Å². The van der Waals surface area contributed by atoms with Gasteiger partial charge in [0.1, 0.15) is 18.1 Å². The molecule has 2 rings (SSSR count). The maximum Gasteiger partial charge on any atom is 0.407 e. The van der Waals surface area contributed by atoms with Crippen LogP contribution in [0, 0.1) is 17.8 Å². The van der Waals surface area contributed by atoms with E-state index in [0.717, 1.165) is 32.1 Å². The van der Waals surface area contributed by atoms with Crippen LogP contribution in [0.15, 0.2) is 30.3 Å². The standard InChI is InChI=1S/C36H55N5O8/c1-7-14-27(32(44)35(47)37-20-29(43)40-30(24(6)42)25-15-10-8-11-16-25)38-33(45)28(19-22(2)3)39-34(46)31(26-17-12-9-13-18-26)41-36(48)49-21-23(4)5/h8,10-11,15-16,22-23,26-28,30-31H,7,9,12-14,17-21H2,1-6H3,(H,37,47)(H,38,45)(H,39,46)(H,40,43)(H,41,48). The van der Waals surface area contributed by atoms with Crippen LogP contribution >= 0.6 is 0 Å². The van der Waals surface area contributed by atoms with Crippen LogP contribution < -0.4 is 26.6 Å². The highest BCUT2D eigenvalue weighted by molar-refractivity contribution is 6.38. The van der Waals surface area contributed by atoms with Gasteiger partial charge >= 0.3 is 6.09 Å². The van der Waals surface area contributed by atoms with Crippen LogP contribution in [0.1, 0.15) is 105 Å². The SMILES string of the molecule is CCCC(NC(=O)C(CC(C)C)NC(=O)C(NC(=O)OCC(C)C)C1CCCCC1)C(=O)C(=O)NCC(=O)NC(C(C)=O)c1ccccc1. The Labute approximate surface area is 289 Å². The van der Waals surface area contributed by atoms with E-state index in [9.17, 15) is 33.6 Å². The molecule has 1 saturated carbocycles. The number of ketones is 2. The Bertz CT molecular complexity index is 1280. The monoisotopic (exact) mass is 685 g/mol. The summed E-state index contributed by atoms with van der Waals surface area (Å²) in [6, 6.07) is 4.54. The Morgan fingerprint density at radius 3 is 2.00 bits per heavy atom. The van der Waals surface area contributed by atoms with E-state index in [0.29, 0.717) is 12.0 Å². The molecule has 49 heavy (non-hydrogen) atoms. The quantitative estimate of drug-likeness (QED) is 0.137.